The Balaban J connectivity index is 1.91. The lowest BCUT2D eigenvalue weighted by Gasteiger charge is -2.07. The van der Waals surface area contributed by atoms with Crippen molar-refractivity contribution in [3.63, 3.8) is 0 Å². The average Bonchev–Trinajstić information content (AvgIpc) is 2.98. The fraction of sp³-hybridized carbons (Fsp3) is 0.308. The summed E-state index contributed by atoms with van der Waals surface area (Å²) in [6.07, 6.45) is 0.792. The molecule has 3 N–H and O–H groups in total. The highest BCUT2D eigenvalue weighted by Gasteiger charge is 2.11. The van der Waals surface area contributed by atoms with Gasteiger partial charge in [0.2, 0.25) is 5.82 Å². The van der Waals surface area contributed by atoms with Crippen molar-refractivity contribution in [1.29, 1.82) is 0 Å². The molecule has 128 valence electrons. The normalized spacial score (nSPS) is 10.3. The molecule has 24 heavy (non-hydrogen) atoms. The molecule has 11 heteroatoms. The zero-order valence-electron chi connectivity index (χ0n) is 12.7. The molecule has 0 saturated carbocycles. The van der Waals surface area contributed by atoms with Gasteiger partial charge in [-0.2, -0.15) is 4.80 Å². The number of hydrogen-bond donors (Lipinski definition) is 3. The van der Waals surface area contributed by atoms with E-state index in [9.17, 15) is 9.59 Å². The average molecular weight is 372 g/mol. The van der Waals surface area contributed by atoms with Crippen LogP contribution in [0, 0.1) is 0 Å². The highest BCUT2D eigenvalue weighted by molar-refractivity contribution is 6.35. The molecular weight excluding hydrogens is 357 g/mol. The van der Waals surface area contributed by atoms with Crippen molar-refractivity contribution in [2.75, 3.05) is 6.54 Å². The topological polar surface area (TPSA) is 114 Å². The quantitative estimate of drug-likeness (QED) is 0.687. The minimum absolute atomic E-state index is 0.213. The minimum atomic E-state index is -0.505. The molecule has 0 fully saturated rings. The third-order valence-electron chi connectivity index (χ3n) is 2.71. The van der Waals surface area contributed by atoms with Crippen LogP contribution in [0.5, 0.6) is 0 Å². The van der Waals surface area contributed by atoms with E-state index in [1.165, 1.54) is 0 Å². The number of amides is 3. The second-order valence-corrected chi connectivity index (χ2v) is 5.60. The van der Waals surface area contributed by atoms with Gasteiger partial charge in [-0.05, 0) is 29.8 Å². The molecule has 0 aliphatic heterocycles. The first-order valence-electron chi connectivity index (χ1n) is 7.05. The van der Waals surface area contributed by atoms with Crippen molar-refractivity contribution >= 4 is 35.1 Å². The molecule has 0 unspecified atom stereocenters. The predicted molar refractivity (Wildman–Crippen MR) is 88.2 cm³/mol. The molecule has 2 rings (SSSR count). The number of rotatable bonds is 5. The van der Waals surface area contributed by atoms with E-state index >= 15 is 0 Å². The minimum Gasteiger partial charge on any atom is -0.337 e. The molecule has 0 atom stereocenters. The number of tetrazole rings is 1. The lowest BCUT2D eigenvalue weighted by molar-refractivity contribution is -0.122. The van der Waals surface area contributed by atoms with Crippen molar-refractivity contribution in [2.24, 2.45) is 0 Å². The van der Waals surface area contributed by atoms with Crippen LogP contribution in [0.15, 0.2) is 18.2 Å². The second-order valence-electron chi connectivity index (χ2n) is 4.73. The van der Waals surface area contributed by atoms with E-state index in [2.05, 4.69) is 31.6 Å². The maximum atomic E-state index is 11.7. The lowest BCUT2D eigenvalue weighted by atomic mass is 10.2. The van der Waals surface area contributed by atoms with E-state index < -0.39 is 11.9 Å². The van der Waals surface area contributed by atoms with E-state index in [0.29, 0.717) is 22.2 Å². The van der Waals surface area contributed by atoms with Gasteiger partial charge in [0.25, 0.3) is 5.91 Å². The van der Waals surface area contributed by atoms with Crippen molar-refractivity contribution in [1.82, 2.24) is 36.4 Å². The van der Waals surface area contributed by atoms with Crippen LogP contribution >= 0.6 is 23.2 Å². The third kappa shape index (κ3) is 5.36. The van der Waals surface area contributed by atoms with Crippen LogP contribution in [-0.4, -0.2) is 38.7 Å². The lowest BCUT2D eigenvalue weighted by Crippen LogP contribution is -2.48. The van der Waals surface area contributed by atoms with Gasteiger partial charge < -0.3 is 5.32 Å². The molecular formula is C13H15Cl2N7O2. The monoisotopic (exact) mass is 371 g/mol. The fourth-order valence-corrected chi connectivity index (χ4v) is 2.21. The number of urea groups is 1. The first-order valence-corrected chi connectivity index (χ1v) is 7.80. The first kappa shape index (κ1) is 18.0. The molecule has 0 saturated heterocycles. The van der Waals surface area contributed by atoms with Gasteiger partial charge >= 0.3 is 6.03 Å². The van der Waals surface area contributed by atoms with E-state index in [-0.39, 0.29) is 12.4 Å². The summed E-state index contributed by atoms with van der Waals surface area (Å²) in [6.45, 7) is 2.22. The van der Waals surface area contributed by atoms with Crippen molar-refractivity contribution in [3.05, 3.63) is 28.2 Å². The molecule has 1 aromatic heterocycles. The van der Waals surface area contributed by atoms with Gasteiger partial charge in [0.05, 0.1) is 0 Å². The van der Waals surface area contributed by atoms with E-state index in [1.807, 2.05) is 6.92 Å². The van der Waals surface area contributed by atoms with Crippen LogP contribution in [-0.2, 0) is 11.3 Å². The Morgan fingerprint density at radius 1 is 1.17 bits per heavy atom. The molecule has 0 aliphatic rings. The van der Waals surface area contributed by atoms with Gasteiger partial charge in [0.1, 0.15) is 6.54 Å². The molecule has 0 spiro atoms. The number of aromatic nitrogens is 4. The predicted octanol–water partition coefficient (Wildman–Crippen LogP) is 1.39. The number of hydrazine groups is 1. The highest BCUT2D eigenvalue weighted by atomic mass is 35.5. The summed E-state index contributed by atoms with van der Waals surface area (Å²) >= 11 is 11.8. The van der Waals surface area contributed by atoms with Crippen LogP contribution in [0.4, 0.5) is 4.79 Å². The van der Waals surface area contributed by atoms with Crippen molar-refractivity contribution < 1.29 is 9.59 Å². The number of nitrogens with one attached hydrogen (secondary N) is 3. The van der Waals surface area contributed by atoms with E-state index in [0.717, 1.165) is 11.2 Å². The Labute approximate surface area is 147 Å². The maximum Gasteiger partial charge on any atom is 0.333 e. The summed E-state index contributed by atoms with van der Waals surface area (Å²) in [4.78, 5) is 24.1. The standard InChI is InChI=1S/C13H15Cl2N7O2/c1-2-3-16-13(24)19-17-11(23)7-22-20-12(18-21-22)8-4-9(14)6-10(15)5-8/h4-6H,2-3,7H2,1H3,(H,17,23)(H2,16,19,24). The summed E-state index contributed by atoms with van der Waals surface area (Å²) < 4.78 is 0. The number of hydrogen-bond acceptors (Lipinski definition) is 5. The van der Waals surface area contributed by atoms with Crippen molar-refractivity contribution in [2.45, 2.75) is 19.9 Å². The largest absolute Gasteiger partial charge is 0.337 e. The van der Waals surface area contributed by atoms with Gasteiger partial charge in [-0.3, -0.25) is 10.2 Å². The summed E-state index contributed by atoms with van der Waals surface area (Å²) in [5.41, 5.74) is 5.03. The van der Waals surface area contributed by atoms with Gasteiger partial charge in [-0.15, -0.1) is 10.2 Å². The van der Waals surface area contributed by atoms with Gasteiger partial charge in [0, 0.05) is 22.2 Å². The molecule has 0 radical (unpaired) electrons. The van der Waals surface area contributed by atoms with Gasteiger partial charge in [-0.1, -0.05) is 30.1 Å². The molecule has 1 aromatic carbocycles. The Kier molecular flexibility index (Phi) is 6.33. The van der Waals surface area contributed by atoms with Crippen LogP contribution in [0.1, 0.15) is 13.3 Å². The van der Waals surface area contributed by atoms with Crippen LogP contribution in [0.3, 0.4) is 0 Å². The van der Waals surface area contributed by atoms with E-state index in [1.54, 1.807) is 18.2 Å². The zero-order valence-corrected chi connectivity index (χ0v) is 14.2. The summed E-state index contributed by atoms with van der Waals surface area (Å²) in [5.74, 6) is -0.226. The first-order chi connectivity index (χ1) is 11.5. The fourth-order valence-electron chi connectivity index (χ4n) is 1.69. The Bertz CT molecular complexity index is 715. The van der Waals surface area contributed by atoms with E-state index in [4.69, 9.17) is 23.2 Å². The zero-order chi connectivity index (χ0) is 17.5. The molecule has 0 bridgehead atoms. The number of halogens is 2. The van der Waals surface area contributed by atoms with Crippen molar-refractivity contribution in [3.8, 4) is 11.4 Å². The SMILES string of the molecule is CCCNC(=O)NNC(=O)Cn1nnc(-c2cc(Cl)cc(Cl)c2)n1. The summed E-state index contributed by atoms with van der Waals surface area (Å²) in [7, 11) is 0. The Morgan fingerprint density at radius 3 is 2.54 bits per heavy atom. The molecule has 1 heterocycles. The number of carbonyl (C=O) groups is 2. The number of benzene rings is 1. The Hall–Kier alpha value is -2.39. The smallest absolute Gasteiger partial charge is 0.333 e. The summed E-state index contributed by atoms with van der Waals surface area (Å²) in [6, 6.07) is 4.36. The maximum absolute atomic E-state index is 11.7. The molecule has 3 amide bonds. The molecule has 0 aliphatic carbocycles. The van der Waals surface area contributed by atoms with Gasteiger partial charge in [-0.25, -0.2) is 10.2 Å². The molecule has 9 nitrogen and oxygen atoms in total. The Morgan fingerprint density at radius 2 is 1.88 bits per heavy atom. The third-order valence-corrected chi connectivity index (χ3v) is 3.15. The second kappa shape index (κ2) is 8.46. The van der Waals surface area contributed by atoms with Crippen LogP contribution in [0.25, 0.3) is 11.4 Å². The van der Waals surface area contributed by atoms with Gasteiger partial charge in [0.15, 0.2) is 0 Å². The highest BCUT2D eigenvalue weighted by Crippen LogP contribution is 2.24. The molecule has 2 aromatic rings. The van der Waals surface area contributed by atoms with Crippen LogP contribution < -0.4 is 16.2 Å². The summed E-state index contributed by atoms with van der Waals surface area (Å²) in [5, 5.41) is 15.1. The number of carbonyl (C=O) groups excluding carboxylic acids is 2. The van der Waals surface area contributed by atoms with Crippen LogP contribution in [0.2, 0.25) is 10.0 Å². The number of nitrogens with zero attached hydrogens (tertiary/aromatic N) is 4.